The SMILES string of the molecule is CCC[C@@H](C(=O)NCc1ccco1)N(C(=O)CNS(=O)(=O)c1ccccc1)c1ccc(C)cc1C. The lowest BCUT2D eigenvalue weighted by molar-refractivity contribution is -0.126. The van der Waals surface area contributed by atoms with Crippen LogP contribution in [0.15, 0.2) is 76.2 Å². The van der Waals surface area contributed by atoms with Crippen molar-refractivity contribution in [3.05, 3.63) is 83.8 Å². The topological polar surface area (TPSA) is 109 Å². The Kier molecular flexibility index (Phi) is 8.84. The second-order valence-electron chi connectivity index (χ2n) is 8.29. The lowest BCUT2D eigenvalue weighted by Gasteiger charge is -2.32. The van der Waals surface area contributed by atoms with Gasteiger partial charge in [-0.25, -0.2) is 13.1 Å². The first kappa shape index (κ1) is 26.2. The Hall–Kier alpha value is -3.43. The number of benzene rings is 2. The minimum absolute atomic E-state index is 0.0622. The van der Waals surface area contributed by atoms with Gasteiger partial charge in [-0.05, 0) is 56.2 Å². The molecule has 3 aromatic rings. The highest BCUT2D eigenvalue weighted by Crippen LogP contribution is 2.26. The van der Waals surface area contributed by atoms with Crippen LogP contribution in [0.5, 0.6) is 0 Å². The smallest absolute Gasteiger partial charge is 0.243 e. The molecule has 0 saturated carbocycles. The fourth-order valence-electron chi connectivity index (χ4n) is 3.83. The third kappa shape index (κ3) is 6.80. The average Bonchev–Trinajstić information content (AvgIpc) is 3.36. The van der Waals surface area contributed by atoms with Gasteiger partial charge in [0, 0.05) is 5.69 Å². The predicted molar refractivity (Wildman–Crippen MR) is 134 cm³/mol. The largest absolute Gasteiger partial charge is 0.467 e. The third-order valence-corrected chi connectivity index (χ3v) is 6.96. The van der Waals surface area contributed by atoms with E-state index in [9.17, 15) is 18.0 Å². The Morgan fingerprint density at radius 3 is 2.40 bits per heavy atom. The van der Waals surface area contributed by atoms with Gasteiger partial charge >= 0.3 is 0 Å². The van der Waals surface area contributed by atoms with E-state index in [-0.39, 0.29) is 17.3 Å². The molecular formula is C26H31N3O5S. The molecule has 0 aliphatic rings. The van der Waals surface area contributed by atoms with E-state index in [1.807, 2.05) is 32.9 Å². The molecule has 35 heavy (non-hydrogen) atoms. The van der Waals surface area contributed by atoms with E-state index in [0.29, 0.717) is 24.3 Å². The molecule has 0 aliphatic heterocycles. The molecule has 186 valence electrons. The van der Waals surface area contributed by atoms with Gasteiger partial charge < -0.3 is 9.73 Å². The zero-order chi connectivity index (χ0) is 25.4. The maximum atomic E-state index is 13.5. The monoisotopic (exact) mass is 497 g/mol. The van der Waals surface area contributed by atoms with E-state index in [0.717, 1.165) is 11.1 Å². The zero-order valence-corrected chi connectivity index (χ0v) is 21.0. The van der Waals surface area contributed by atoms with Crippen molar-refractivity contribution in [3.8, 4) is 0 Å². The Balaban J connectivity index is 1.89. The molecule has 8 nitrogen and oxygen atoms in total. The number of aryl methyl sites for hydroxylation is 2. The Morgan fingerprint density at radius 1 is 1.03 bits per heavy atom. The fourth-order valence-corrected chi connectivity index (χ4v) is 4.83. The molecule has 2 aromatic carbocycles. The molecule has 0 radical (unpaired) electrons. The minimum atomic E-state index is -3.90. The molecule has 0 unspecified atom stereocenters. The van der Waals surface area contributed by atoms with Crippen LogP contribution < -0.4 is 14.9 Å². The van der Waals surface area contributed by atoms with E-state index in [1.54, 1.807) is 36.4 Å². The molecule has 0 saturated heterocycles. The van der Waals surface area contributed by atoms with Crippen molar-refractivity contribution in [2.24, 2.45) is 0 Å². The number of hydrogen-bond donors (Lipinski definition) is 2. The molecule has 0 aliphatic carbocycles. The number of sulfonamides is 1. The first-order valence-corrected chi connectivity index (χ1v) is 13.0. The molecule has 1 heterocycles. The number of furan rings is 1. The molecule has 2 amide bonds. The number of nitrogens with zero attached hydrogens (tertiary/aromatic N) is 1. The summed E-state index contributed by atoms with van der Waals surface area (Å²) >= 11 is 0. The summed E-state index contributed by atoms with van der Waals surface area (Å²) in [7, 11) is -3.90. The summed E-state index contributed by atoms with van der Waals surface area (Å²) in [5, 5.41) is 2.84. The summed E-state index contributed by atoms with van der Waals surface area (Å²) in [5.41, 5.74) is 2.38. The van der Waals surface area contributed by atoms with Gasteiger partial charge in [-0.2, -0.15) is 0 Å². The van der Waals surface area contributed by atoms with Crippen LogP contribution in [0.2, 0.25) is 0 Å². The van der Waals surface area contributed by atoms with Gasteiger partial charge in [-0.1, -0.05) is 49.2 Å². The van der Waals surface area contributed by atoms with E-state index in [4.69, 9.17) is 4.42 Å². The normalized spacial score (nSPS) is 12.2. The van der Waals surface area contributed by atoms with Crippen molar-refractivity contribution in [2.75, 3.05) is 11.4 Å². The second-order valence-corrected chi connectivity index (χ2v) is 10.1. The molecule has 9 heteroatoms. The van der Waals surface area contributed by atoms with E-state index >= 15 is 0 Å². The van der Waals surface area contributed by atoms with Crippen LogP contribution in [0.4, 0.5) is 5.69 Å². The number of nitrogens with one attached hydrogen (secondary N) is 2. The molecular weight excluding hydrogens is 466 g/mol. The zero-order valence-electron chi connectivity index (χ0n) is 20.2. The summed E-state index contributed by atoms with van der Waals surface area (Å²) in [4.78, 5) is 28.2. The summed E-state index contributed by atoms with van der Waals surface area (Å²) < 4.78 is 33.1. The van der Waals surface area contributed by atoms with Crippen LogP contribution >= 0.6 is 0 Å². The first-order chi connectivity index (χ1) is 16.7. The summed E-state index contributed by atoms with van der Waals surface area (Å²) in [5.74, 6) is -0.279. The van der Waals surface area contributed by atoms with Crippen molar-refractivity contribution < 1.29 is 22.4 Å². The predicted octanol–water partition coefficient (Wildman–Crippen LogP) is 3.69. The van der Waals surface area contributed by atoms with Gasteiger partial charge in [0.25, 0.3) is 0 Å². The molecule has 1 atom stereocenters. The van der Waals surface area contributed by atoms with E-state index in [1.165, 1.54) is 23.3 Å². The van der Waals surface area contributed by atoms with Crippen molar-refractivity contribution >= 4 is 27.5 Å². The van der Waals surface area contributed by atoms with E-state index in [2.05, 4.69) is 10.0 Å². The Bertz CT molecular complexity index is 1240. The number of amides is 2. The van der Waals surface area contributed by atoms with Crippen LogP contribution in [0, 0.1) is 13.8 Å². The maximum Gasteiger partial charge on any atom is 0.243 e. The van der Waals surface area contributed by atoms with Gasteiger partial charge in [0.2, 0.25) is 21.8 Å². The van der Waals surface area contributed by atoms with Crippen LogP contribution in [-0.2, 0) is 26.2 Å². The van der Waals surface area contributed by atoms with Gasteiger partial charge in [0.1, 0.15) is 11.8 Å². The number of carbonyl (C=O) groups excluding carboxylic acids is 2. The third-order valence-electron chi connectivity index (χ3n) is 5.54. The number of hydrogen-bond acceptors (Lipinski definition) is 5. The fraction of sp³-hybridized carbons (Fsp3) is 0.308. The lowest BCUT2D eigenvalue weighted by atomic mass is 10.0. The molecule has 0 spiro atoms. The minimum Gasteiger partial charge on any atom is -0.467 e. The molecule has 2 N–H and O–H groups in total. The van der Waals surface area contributed by atoms with Crippen LogP contribution in [0.1, 0.15) is 36.7 Å². The number of carbonyl (C=O) groups is 2. The molecule has 0 bridgehead atoms. The van der Waals surface area contributed by atoms with Crippen molar-refractivity contribution in [2.45, 2.75) is 51.1 Å². The number of anilines is 1. The van der Waals surface area contributed by atoms with Gasteiger partial charge in [0.05, 0.1) is 24.2 Å². The average molecular weight is 498 g/mol. The van der Waals surface area contributed by atoms with Crippen LogP contribution in [0.25, 0.3) is 0 Å². The van der Waals surface area contributed by atoms with Gasteiger partial charge in [0.15, 0.2) is 0 Å². The van der Waals surface area contributed by atoms with Crippen molar-refractivity contribution in [1.29, 1.82) is 0 Å². The molecule has 1 aromatic heterocycles. The van der Waals surface area contributed by atoms with E-state index < -0.39 is 28.5 Å². The standard InChI is InChI=1S/C26H31N3O5S/c1-4-9-24(26(31)27-17-21-10-8-15-34-21)29(23-14-13-19(2)16-20(23)3)25(30)18-28-35(32,33)22-11-6-5-7-12-22/h5-8,10-16,24,28H,4,9,17-18H2,1-3H3,(H,27,31)/t24-/m0/s1. The molecule has 3 rings (SSSR count). The Labute approximate surface area is 206 Å². The maximum absolute atomic E-state index is 13.5. The van der Waals surface area contributed by atoms with Gasteiger partial charge in [-0.15, -0.1) is 0 Å². The highest BCUT2D eigenvalue weighted by Gasteiger charge is 2.32. The van der Waals surface area contributed by atoms with Crippen LogP contribution in [-0.4, -0.2) is 32.8 Å². The lowest BCUT2D eigenvalue weighted by Crippen LogP contribution is -2.52. The highest BCUT2D eigenvalue weighted by molar-refractivity contribution is 7.89. The van der Waals surface area contributed by atoms with Crippen molar-refractivity contribution in [3.63, 3.8) is 0 Å². The van der Waals surface area contributed by atoms with Gasteiger partial charge in [-0.3, -0.25) is 14.5 Å². The quantitative estimate of drug-likeness (QED) is 0.420. The second kappa shape index (κ2) is 11.8. The summed E-state index contributed by atoms with van der Waals surface area (Å²) in [6.07, 6.45) is 2.56. The Morgan fingerprint density at radius 2 is 1.77 bits per heavy atom. The summed E-state index contributed by atoms with van der Waals surface area (Å²) in [6, 6.07) is 16.1. The summed E-state index contributed by atoms with van der Waals surface area (Å²) in [6.45, 7) is 5.42. The molecule has 0 fully saturated rings. The van der Waals surface area contributed by atoms with Crippen molar-refractivity contribution in [1.82, 2.24) is 10.0 Å². The van der Waals surface area contributed by atoms with Crippen LogP contribution in [0.3, 0.4) is 0 Å². The highest BCUT2D eigenvalue weighted by atomic mass is 32.2. The number of rotatable bonds is 11. The first-order valence-electron chi connectivity index (χ1n) is 11.5.